The maximum Gasteiger partial charge on any atom is 0.251 e. The minimum atomic E-state index is 0.00960. The molecule has 0 radical (unpaired) electrons. The summed E-state index contributed by atoms with van der Waals surface area (Å²) in [5.74, 6) is 0.00960. The van der Waals surface area contributed by atoms with Crippen LogP contribution >= 0.6 is 11.3 Å². The average molecular weight is 309 g/mol. The van der Waals surface area contributed by atoms with Crippen molar-refractivity contribution in [3.63, 3.8) is 0 Å². The maximum absolute atomic E-state index is 12.1. The molecule has 1 fully saturated rings. The van der Waals surface area contributed by atoms with Crippen molar-refractivity contribution in [3.8, 4) is 0 Å². The monoisotopic (exact) mass is 309 g/mol. The van der Waals surface area contributed by atoms with Crippen molar-refractivity contribution < 1.29 is 4.79 Å². The summed E-state index contributed by atoms with van der Waals surface area (Å²) in [5.41, 5.74) is 2.62. The molecule has 1 heterocycles. The third-order valence-electron chi connectivity index (χ3n) is 3.59. The summed E-state index contributed by atoms with van der Waals surface area (Å²) < 4.78 is 1.02. The SMILES string of the molecule is O=C(NC1CC1)c1ccc2nc(Nc3ccccc3)sc2c1. The standard InChI is InChI=1S/C17H15N3OS/c21-16(18-13-7-8-13)11-6-9-14-15(10-11)22-17(20-14)19-12-4-2-1-3-5-12/h1-6,9-10,13H,7-8H2,(H,18,21)(H,19,20). The Hall–Kier alpha value is -2.40. The largest absolute Gasteiger partial charge is 0.349 e. The Morgan fingerprint density at radius 2 is 1.95 bits per heavy atom. The first-order chi connectivity index (χ1) is 10.8. The number of hydrogen-bond donors (Lipinski definition) is 2. The second-order valence-corrected chi connectivity index (χ2v) is 6.47. The summed E-state index contributed by atoms with van der Waals surface area (Å²) in [6.07, 6.45) is 2.19. The third-order valence-corrected chi connectivity index (χ3v) is 4.52. The van der Waals surface area contributed by atoms with Crippen LogP contribution in [0.3, 0.4) is 0 Å². The van der Waals surface area contributed by atoms with E-state index in [9.17, 15) is 4.79 Å². The smallest absolute Gasteiger partial charge is 0.251 e. The van der Waals surface area contributed by atoms with Crippen LogP contribution in [-0.2, 0) is 0 Å². The average Bonchev–Trinajstić information content (AvgIpc) is 3.25. The molecule has 4 rings (SSSR count). The van der Waals surface area contributed by atoms with E-state index in [2.05, 4.69) is 15.6 Å². The van der Waals surface area contributed by atoms with Crippen LogP contribution in [0.2, 0.25) is 0 Å². The normalized spacial score (nSPS) is 14.0. The second kappa shape index (κ2) is 5.42. The zero-order valence-corrected chi connectivity index (χ0v) is 12.7. The number of anilines is 2. The van der Waals surface area contributed by atoms with Crippen LogP contribution < -0.4 is 10.6 Å². The molecule has 1 amide bonds. The molecule has 1 aliphatic rings. The van der Waals surface area contributed by atoms with E-state index in [-0.39, 0.29) is 5.91 Å². The highest BCUT2D eigenvalue weighted by molar-refractivity contribution is 7.22. The molecule has 1 aromatic heterocycles. The van der Waals surface area contributed by atoms with Crippen LogP contribution in [0.25, 0.3) is 10.2 Å². The Morgan fingerprint density at radius 3 is 2.73 bits per heavy atom. The van der Waals surface area contributed by atoms with Gasteiger partial charge in [0.2, 0.25) is 0 Å². The van der Waals surface area contributed by atoms with Crippen molar-refractivity contribution in [3.05, 3.63) is 54.1 Å². The highest BCUT2D eigenvalue weighted by Gasteiger charge is 2.23. The van der Waals surface area contributed by atoms with Crippen LogP contribution in [0.1, 0.15) is 23.2 Å². The zero-order valence-electron chi connectivity index (χ0n) is 11.9. The molecule has 0 spiro atoms. The van der Waals surface area contributed by atoms with Gasteiger partial charge in [-0.1, -0.05) is 29.5 Å². The molecule has 22 heavy (non-hydrogen) atoms. The highest BCUT2D eigenvalue weighted by Crippen LogP contribution is 2.29. The Morgan fingerprint density at radius 1 is 1.14 bits per heavy atom. The third kappa shape index (κ3) is 2.80. The van der Waals surface area contributed by atoms with Crippen molar-refractivity contribution in [2.45, 2.75) is 18.9 Å². The fourth-order valence-corrected chi connectivity index (χ4v) is 3.19. The fraction of sp³-hybridized carbons (Fsp3) is 0.176. The minimum absolute atomic E-state index is 0.00960. The first-order valence-electron chi connectivity index (χ1n) is 7.31. The van der Waals surface area contributed by atoms with Gasteiger partial charge in [-0.15, -0.1) is 0 Å². The van der Waals surface area contributed by atoms with Crippen molar-refractivity contribution in [2.24, 2.45) is 0 Å². The molecule has 3 aromatic rings. The minimum Gasteiger partial charge on any atom is -0.349 e. The second-order valence-electron chi connectivity index (χ2n) is 5.44. The van der Waals surface area contributed by atoms with Gasteiger partial charge in [-0.25, -0.2) is 4.98 Å². The zero-order chi connectivity index (χ0) is 14.9. The molecule has 0 saturated heterocycles. The lowest BCUT2D eigenvalue weighted by atomic mass is 10.2. The number of fused-ring (bicyclic) bond motifs is 1. The van der Waals surface area contributed by atoms with E-state index in [1.807, 2.05) is 48.5 Å². The molecule has 110 valence electrons. The Labute approximate surface area is 132 Å². The van der Waals surface area contributed by atoms with E-state index < -0.39 is 0 Å². The molecule has 5 heteroatoms. The molecule has 0 aliphatic heterocycles. The Balaban J connectivity index is 1.59. The summed E-state index contributed by atoms with van der Waals surface area (Å²) in [5, 5.41) is 7.14. The predicted octanol–water partition coefficient (Wildman–Crippen LogP) is 3.93. The first kappa shape index (κ1) is 13.3. The van der Waals surface area contributed by atoms with Crippen molar-refractivity contribution >= 4 is 38.3 Å². The summed E-state index contributed by atoms with van der Waals surface area (Å²) in [6, 6.07) is 16.0. The van der Waals surface area contributed by atoms with E-state index in [0.29, 0.717) is 11.6 Å². The van der Waals surface area contributed by atoms with Gasteiger partial charge in [0, 0.05) is 17.3 Å². The number of aromatic nitrogens is 1. The topological polar surface area (TPSA) is 54.0 Å². The van der Waals surface area contributed by atoms with Gasteiger partial charge in [-0.05, 0) is 43.2 Å². The Bertz CT molecular complexity index is 824. The van der Waals surface area contributed by atoms with Gasteiger partial charge < -0.3 is 10.6 Å². The molecule has 1 saturated carbocycles. The van der Waals surface area contributed by atoms with Gasteiger partial charge in [0.15, 0.2) is 5.13 Å². The van der Waals surface area contributed by atoms with Gasteiger partial charge in [0.05, 0.1) is 10.2 Å². The van der Waals surface area contributed by atoms with Crippen molar-refractivity contribution in [1.29, 1.82) is 0 Å². The molecule has 2 N–H and O–H groups in total. The molecular formula is C17H15N3OS. The number of benzene rings is 2. The number of nitrogens with one attached hydrogen (secondary N) is 2. The molecule has 4 nitrogen and oxygen atoms in total. The maximum atomic E-state index is 12.1. The molecule has 0 atom stereocenters. The Kier molecular flexibility index (Phi) is 3.27. The number of para-hydroxylation sites is 1. The first-order valence-corrected chi connectivity index (χ1v) is 8.13. The predicted molar refractivity (Wildman–Crippen MR) is 89.8 cm³/mol. The van der Waals surface area contributed by atoms with Gasteiger partial charge >= 0.3 is 0 Å². The van der Waals surface area contributed by atoms with E-state index in [1.165, 1.54) is 0 Å². The summed E-state index contributed by atoms with van der Waals surface area (Å²) in [6.45, 7) is 0. The van der Waals surface area contributed by atoms with E-state index in [4.69, 9.17) is 0 Å². The number of carbonyl (C=O) groups excluding carboxylic acids is 1. The van der Waals surface area contributed by atoms with Crippen LogP contribution in [0, 0.1) is 0 Å². The number of rotatable bonds is 4. The van der Waals surface area contributed by atoms with Gasteiger partial charge in [-0.3, -0.25) is 4.79 Å². The van der Waals surface area contributed by atoms with Crippen molar-refractivity contribution in [1.82, 2.24) is 10.3 Å². The number of carbonyl (C=O) groups is 1. The fourth-order valence-electron chi connectivity index (χ4n) is 2.26. The number of nitrogens with zero attached hydrogens (tertiary/aromatic N) is 1. The van der Waals surface area contributed by atoms with Crippen molar-refractivity contribution in [2.75, 3.05) is 5.32 Å². The molecule has 2 aromatic carbocycles. The van der Waals surface area contributed by atoms with Gasteiger partial charge in [0.25, 0.3) is 5.91 Å². The lowest BCUT2D eigenvalue weighted by Gasteiger charge is -2.02. The quantitative estimate of drug-likeness (QED) is 0.767. The molecular weight excluding hydrogens is 294 g/mol. The summed E-state index contributed by atoms with van der Waals surface area (Å²) in [7, 11) is 0. The summed E-state index contributed by atoms with van der Waals surface area (Å²) >= 11 is 1.56. The van der Waals surface area contributed by atoms with Crippen LogP contribution in [-0.4, -0.2) is 16.9 Å². The van der Waals surface area contributed by atoms with Gasteiger partial charge in [-0.2, -0.15) is 0 Å². The molecule has 0 bridgehead atoms. The van der Waals surface area contributed by atoms with E-state index >= 15 is 0 Å². The lowest BCUT2D eigenvalue weighted by molar-refractivity contribution is 0.0951. The number of amides is 1. The highest BCUT2D eigenvalue weighted by atomic mass is 32.1. The van der Waals surface area contributed by atoms with Gasteiger partial charge in [0.1, 0.15) is 0 Å². The number of hydrogen-bond acceptors (Lipinski definition) is 4. The van der Waals surface area contributed by atoms with Crippen LogP contribution in [0.5, 0.6) is 0 Å². The van der Waals surface area contributed by atoms with E-state index in [1.54, 1.807) is 11.3 Å². The summed E-state index contributed by atoms with van der Waals surface area (Å²) in [4.78, 5) is 16.7. The molecule has 1 aliphatic carbocycles. The molecule has 0 unspecified atom stereocenters. The van der Waals surface area contributed by atoms with Crippen LogP contribution in [0.15, 0.2) is 48.5 Å². The van der Waals surface area contributed by atoms with E-state index in [0.717, 1.165) is 33.9 Å². The number of thiazole rings is 1. The van der Waals surface area contributed by atoms with Crippen LogP contribution in [0.4, 0.5) is 10.8 Å². The lowest BCUT2D eigenvalue weighted by Crippen LogP contribution is -2.25.